The van der Waals surface area contributed by atoms with Crippen LogP contribution in [0.15, 0.2) is 0 Å². The quantitative estimate of drug-likeness (QED) is 0.152. The number of carboxylic acids is 2. The summed E-state index contributed by atoms with van der Waals surface area (Å²) >= 11 is 0. The van der Waals surface area contributed by atoms with E-state index in [-0.39, 0.29) is 12.8 Å². The Morgan fingerprint density at radius 1 is 0.857 bits per heavy atom. The molecule has 0 fully saturated rings. The van der Waals surface area contributed by atoms with Crippen LogP contribution in [0.25, 0.3) is 0 Å². The van der Waals surface area contributed by atoms with E-state index in [4.69, 9.17) is 21.7 Å². The summed E-state index contributed by atoms with van der Waals surface area (Å²) < 4.78 is 0. The number of nitrogens with two attached hydrogens (primary N) is 2. The number of aliphatic carboxylic acids is 2. The van der Waals surface area contributed by atoms with Crippen molar-refractivity contribution in [2.45, 2.75) is 57.2 Å². The fraction of sp³-hybridized carbons (Fsp3) is 0.688. The molecule has 9 N–H and O–H groups in total. The van der Waals surface area contributed by atoms with Crippen molar-refractivity contribution in [2.24, 2.45) is 11.5 Å². The zero-order chi connectivity index (χ0) is 21.7. The molecule has 12 nitrogen and oxygen atoms in total. The van der Waals surface area contributed by atoms with Crippen LogP contribution in [-0.2, 0) is 24.0 Å². The van der Waals surface area contributed by atoms with E-state index in [0.717, 1.165) is 0 Å². The largest absolute Gasteiger partial charge is 0.481 e. The molecule has 12 heteroatoms. The van der Waals surface area contributed by atoms with Gasteiger partial charge in [0.05, 0.1) is 6.04 Å². The van der Waals surface area contributed by atoms with Gasteiger partial charge in [-0.2, -0.15) is 0 Å². The van der Waals surface area contributed by atoms with Gasteiger partial charge in [0, 0.05) is 6.42 Å². The molecule has 0 aliphatic rings. The zero-order valence-corrected chi connectivity index (χ0v) is 15.8. The number of rotatable bonds is 14. The van der Waals surface area contributed by atoms with Crippen LogP contribution in [0, 0.1) is 0 Å². The molecule has 3 unspecified atom stereocenters. The third-order valence-electron chi connectivity index (χ3n) is 3.69. The number of carbonyl (C=O) groups excluding carboxylic acids is 3. The number of carbonyl (C=O) groups is 5. The lowest BCUT2D eigenvalue weighted by Gasteiger charge is -2.23. The molecular formula is C16H29N5O7. The van der Waals surface area contributed by atoms with Gasteiger partial charge >= 0.3 is 11.9 Å². The maximum Gasteiger partial charge on any atom is 0.322 e. The highest BCUT2D eigenvalue weighted by Gasteiger charge is 2.27. The van der Waals surface area contributed by atoms with Gasteiger partial charge in [-0.25, -0.2) is 0 Å². The van der Waals surface area contributed by atoms with Crippen LogP contribution in [0.2, 0.25) is 0 Å². The lowest BCUT2D eigenvalue weighted by Crippen LogP contribution is -2.55. The molecule has 0 aromatic rings. The molecular weight excluding hydrogens is 374 g/mol. The van der Waals surface area contributed by atoms with Crippen molar-refractivity contribution in [3.05, 3.63) is 0 Å². The first kappa shape index (κ1) is 25.3. The van der Waals surface area contributed by atoms with Gasteiger partial charge in [-0.1, -0.05) is 0 Å². The van der Waals surface area contributed by atoms with Crippen molar-refractivity contribution >= 4 is 29.7 Å². The predicted octanol–water partition coefficient (Wildman–Crippen LogP) is -2.50. The van der Waals surface area contributed by atoms with Crippen LogP contribution in [-0.4, -0.2) is 71.1 Å². The van der Waals surface area contributed by atoms with Gasteiger partial charge in [0.2, 0.25) is 17.7 Å². The summed E-state index contributed by atoms with van der Waals surface area (Å²) in [7, 11) is 0. The first-order valence-corrected chi connectivity index (χ1v) is 8.86. The molecule has 0 aromatic carbocycles. The molecule has 0 saturated heterocycles. The minimum atomic E-state index is -1.29. The molecule has 0 saturated carbocycles. The van der Waals surface area contributed by atoms with E-state index in [1.165, 1.54) is 6.92 Å². The second kappa shape index (κ2) is 13.4. The molecule has 0 aliphatic carbocycles. The second-order valence-electron chi connectivity index (χ2n) is 6.24. The molecule has 28 heavy (non-hydrogen) atoms. The number of nitrogens with one attached hydrogen (secondary N) is 3. The van der Waals surface area contributed by atoms with Crippen molar-refractivity contribution in [1.82, 2.24) is 16.0 Å². The molecule has 0 spiro atoms. The molecule has 0 aliphatic heterocycles. The molecule has 0 heterocycles. The molecule has 3 amide bonds. The average molecular weight is 403 g/mol. The van der Waals surface area contributed by atoms with Gasteiger partial charge < -0.3 is 37.6 Å². The number of hydrogen-bond donors (Lipinski definition) is 7. The number of amides is 3. The standard InChI is InChI=1S/C16H29N5O7/c1-9(18)14(26)20-10(4-2-3-7-17)16(28)21-11(5-6-12(22)23)15(27)19-8-13(24)25/h9-11H,2-8,17-18H2,1H3,(H,19,27)(H,20,26)(H,21,28)(H,22,23)(H,24,25). The Kier molecular flexibility index (Phi) is 12.1. The first-order valence-electron chi connectivity index (χ1n) is 8.86. The molecule has 160 valence electrons. The van der Waals surface area contributed by atoms with Gasteiger partial charge in [0.1, 0.15) is 18.6 Å². The summed E-state index contributed by atoms with van der Waals surface area (Å²) in [6, 6.07) is -3.12. The topological polar surface area (TPSA) is 214 Å². The maximum atomic E-state index is 12.6. The SMILES string of the molecule is CC(N)C(=O)NC(CCCCN)C(=O)NC(CCC(=O)O)C(=O)NCC(=O)O. The van der Waals surface area contributed by atoms with Gasteiger partial charge in [-0.3, -0.25) is 24.0 Å². The van der Waals surface area contributed by atoms with Crippen molar-refractivity contribution in [2.75, 3.05) is 13.1 Å². The maximum absolute atomic E-state index is 12.6. The van der Waals surface area contributed by atoms with Gasteiger partial charge in [0.25, 0.3) is 0 Å². The van der Waals surface area contributed by atoms with E-state index in [1.54, 1.807) is 0 Å². The third-order valence-corrected chi connectivity index (χ3v) is 3.69. The molecule has 0 radical (unpaired) electrons. The van der Waals surface area contributed by atoms with Gasteiger partial charge in [-0.15, -0.1) is 0 Å². The van der Waals surface area contributed by atoms with Crippen LogP contribution < -0.4 is 27.4 Å². The summed E-state index contributed by atoms with van der Waals surface area (Å²) in [5.41, 5.74) is 10.9. The van der Waals surface area contributed by atoms with E-state index in [2.05, 4.69) is 16.0 Å². The third kappa shape index (κ3) is 11.1. The second-order valence-corrected chi connectivity index (χ2v) is 6.24. The summed E-state index contributed by atoms with van der Waals surface area (Å²) in [6.07, 6.45) is 0.709. The Hall–Kier alpha value is -2.73. The van der Waals surface area contributed by atoms with Gasteiger partial charge in [-0.05, 0) is 39.2 Å². The Morgan fingerprint density at radius 2 is 1.43 bits per heavy atom. The lowest BCUT2D eigenvalue weighted by molar-refractivity contribution is -0.140. The van der Waals surface area contributed by atoms with Crippen LogP contribution in [0.5, 0.6) is 0 Å². The van der Waals surface area contributed by atoms with E-state index in [9.17, 15) is 24.0 Å². The molecule has 3 atom stereocenters. The van der Waals surface area contributed by atoms with Crippen molar-refractivity contribution < 1.29 is 34.2 Å². The zero-order valence-electron chi connectivity index (χ0n) is 15.8. The normalized spacial score (nSPS) is 13.7. The first-order chi connectivity index (χ1) is 13.1. The minimum Gasteiger partial charge on any atom is -0.481 e. The number of carboxylic acid groups (broad SMARTS) is 2. The fourth-order valence-corrected chi connectivity index (χ4v) is 2.16. The highest BCUT2D eigenvalue weighted by atomic mass is 16.4. The minimum absolute atomic E-state index is 0.240. The Bertz CT molecular complexity index is 568. The average Bonchev–Trinajstić information content (AvgIpc) is 2.61. The van der Waals surface area contributed by atoms with Crippen LogP contribution in [0.1, 0.15) is 39.0 Å². The lowest BCUT2D eigenvalue weighted by atomic mass is 10.1. The Morgan fingerprint density at radius 3 is 1.93 bits per heavy atom. The van der Waals surface area contributed by atoms with E-state index >= 15 is 0 Å². The van der Waals surface area contributed by atoms with Crippen molar-refractivity contribution in [3.63, 3.8) is 0 Å². The molecule has 0 aromatic heterocycles. The monoisotopic (exact) mass is 403 g/mol. The van der Waals surface area contributed by atoms with Crippen molar-refractivity contribution in [3.8, 4) is 0 Å². The van der Waals surface area contributed by atoms with Crippen LogP contribution in [0.3, 0.4) is 0 Å². The smallest absolute Gasteiger partial charge is 0.322 e. The Balaban J connectivity index is 5.16. The van der Waals surface area contributed by atoms with E-state index in [1.807, 2.05) is 0 Å². The summed E-state index contributed by atoms with van der Waals surface area (Å²) in [5.74, 6) is -4.58. The van der Waals surface area contributed by atoms with Crippen LogP contribution in [0.4, 0.5) is 0 Å². The molecule has 0 bridgehead atoms. The summed E-state index contributed by atoms with van der Waals surface area (Å²) in [4.78, 5) is 57.9. The highest BCUT2D eigenvalue weighted by molar-refractivity contribution is 5.93. The number of unbranched alkanes of at least 4 members (excludes halogenated alkanes) is 1. The summed E-state index contributed by atoms with van der Waals surface area (Å²) in [6.45, 7) is 1.16. The van der Waals surface area contributed by atoms with E-state index < -0.39 is 60.8 Å². The Labute approximate surface area is 162 Å². The summed E-state index contributed by atoms with van der Waals surface area (Å²) in [5, 5.41) is 24.4. The highest BCUT2D eigenvalue weighted by Crippen LogP contribution is 2.05. The molecule has 0 rings (SSSR count). The van der Waals surface area contributed by atoms with Gasteiger partial charge in [0.15, 0.2) is 0 Å². The van der Waals surface area contributed by atoms with Crippen LogP contribution >= 0.6 is 0 Å². The number of hydrogen-bond acceptors (Lipinski definition) is 7. The fourth-order valence-electron chi connectivity index (χ4n) is 2.16. The predicted molar refractivity (Wildman–Crippen MR) is 97.9 cm³/mol. The van der Waals surface area contributed by atoms with E-state index in [0.29, 0.717) is 19.4 Å². The van der Waals surface area contributed by atoms with Crippen molar-refractivity contribution in [1.29, 1.82) is 0 Å².